The quantitative estimate of drug-likeness (QED) is 0.691. The van der Waals surface area contributed by atoms with Crippen molar-refractivity contribution in [3.8, 4) is 0 Å². The minimum atomic E-state index is -0.926. The summed E-state index contributed by atoms with van der Waals surface area (Å²) >= 11 is 0. The van der Waals surface area contributed by atoms with Crippen LogP contribution in [0, 0.1) is 0 Å². The molecule has 2 bridgehead atoms. The molecule has 2 aliphatic heterocycles. The maximum Gasteiger partial charge on any atom is 0.335 e. The molecule has 2 atom stereocenters. The summed E-state index contributed by atoms with van der Waals surface area (Å²) in [5.74, 6) is -0.283. The molecule has 0 aliphatic carbocycles. The van der Waals surface area contributed by atoms with E-state index in [0.29, 0.717) is 0 Å². The molecular formula is C24H37NO2. The first-order valence-electron chi connectivity index (χ1n) is 10.1. The first kappa shape index (κ1) is 24.9. The van der Waals surface area contributed by atoms with Crippen LogP contribution in [0.3, 0.4) is 0 Å². The Kier molecular flexibility index (Phi) is 11.3. The molecule has 2 heterocycles. The van der Waals surface area contributed by atoms with Gasteiger partial charge in [-0.25, -0.2) is 4.79 Å². The van der Waals surface area contributed by atoms with Crippen molar-refractivity contribution in [1.82, 2.24) is 5.32 Å². The Morgan fingerprint density at radius 1 is 1.19 bits per heavy atom. The number of ether oxygens (including phenoxy) is 1. The third-order valence-electron chi connectivity index (χ3n) is 4.37. The molecule has 0 saturated heterocycles. The van der Waals surface area contributed by atoms with Crippen LogP contribution in [0.1, 0.15) is 59.6 Å². The molecule has 3 heteroatoms. The number of hydrogen-bond donors (Lipinski definition) is 1. The molecular weight excluding hydrogens is 334 g/mol. The van der Waals surface area contributed by atoms with Gasteiger partial charge in [0, 0.05) is 6.04 Å². The highest BCUT2D eigenvalue weighted by Gasteiger charge is 2.54. The topological polar surface area (TPSA) is 38.3 Å². The van der Waals surface area contributed by atoms with Crippen molar-refractivity contribution in [3.05, 3.63) is 71.3 Å². The highest BCUT2D eigenvalue weighted by Crippen LogP contribution is 2.46. The fraction of sp³-hybridized carbons (Fsp3) is 0.458. The summed E-state index contributed by atoms with van der Waals surface area (Å²) in [6, 6.07) is 8.16. The number of benzene rings is 1. The van der Waals surface area contributed by atoms with E-state index in [1.807, 2.05) is 72.7 Å². The lowest BCUT2D eigenvalue weighted by Gasteiger charge is -2.36. The lowest BCUT2D eigenvalue weighted by molar-refractivity contribution is -0.147. The molecule has 0 fully saturated rings. The zero-order valence-corrected chi connectivity index (χ0v) is 18.3. The number of fused-ring (bicyclic) bond motifs is 4. The predicted molar refractivity (Wildman–Crippen MR) is 117 cm³/mol. The molecule has 3 nitrogen and oxygen atoms in total. The number of hydrogen-bond acceptors (Lipinski definition) is 3. The Labute approximate surface area is 166 Å². The van der Waals surface area contributed by atoms with Gasteiger partial charge in [-0.05, 0) is 35.6 Å². The van der Waals surface area contributed by atoms with Gasteiger partial charge in [0.2, 0.25) is 0 Å². The highest BCUT2D eigenvalue weighted by molar-refractivity contribution is 5.91. The van der Waals surface area contributed by atoms with Gasteiger partial charge in [-0.2, -0.15) is 0 Å². The molecule has 1 aromatic carbocycles. The standard InChI is InChI=1S/C18H19NO2.3C2H6/c1-4-8-13-14(5-2)18(17(20)21-3)15-10-7-6-9-12(15)11-16(13)19-18;3*1-2/h4-10,16,19H,2,11H2,1,3H3;3*1-2H3/b8-4-;;;. The Morgan fingerprint density at radius 3 is 2.30 bits per heavy atom. The van der Waals surface area contributed by atoms with Crippen molar-refractivity contribution in [2.75, 3.05) is 7.11 Å². The van der Waals surface area contributed by atoms with Crippen molar-refractivity contribution in [2.24, 2.45) is 0 Å². The van der Waals surface area contributed by atoms with Crippen molar-refractivity contribution in [3.63, 3.8) is 0 Å². The van der Waals surface area contributed by atoms with Crippen LogP contribution in [-0.4, -0.2) is 19.1 Å². The third kappa shape index (κ3) is 4.41. The zero-order chi connectivity index (χ0) is 21.0. The van der Waals surface area contributed by atoms with Crippen LogP contribution in [0.25, 0.3) is 0 Å². The van der Waals surface area contributed by atoms with Crippen LogP contribution < -0.4 is 5.32 Å². The summed E-state index contributed by atoms with van der Waals surface area (Å²) in [4.78, 5) is 12.6. The Bertz CT molecular complexity index is 673. The number of rotatable bonds is 3. The second kappa shape index (κ2) is 12.3. The SMILES string of the molecule is C=CC1=C(/C=C\C)C2Cc3ccccc3C1(C(=O)OC)N2.CC.CC.CC. The van der Waals surface area contributed by atoms with Crippen molar-refractivity contribution >= 4 is 5.97 Å². The van der Waals surface area contributed by atoms with E-state index in [-0.39, 0.29) is 12.0 Å². The van der Waals surface area contributed by atoms with Gasteiger partial charge < -0.3 is 4.74 Å². The molecule has 27 heavy (non-hydrogen) atoms. The van der Waals surface area contributed by atoms with E-state index in [1.54, 1.807) is 6.08 Å². The largest absolute Gasteiger partial charge is 0.467 e. The molecule has 1 aromatic rings. The lowest BCUT2D eigenvalue weighted by Crippen LogP contribution is -2.54. The molecule has 0 aromatic heterocycles. The van der Waals surface area contributed by atoms with Gasteiger partial charge in [0.05, 0.1) is 7.11 Å². The van der Waals surface area contributed by atoms with E-state index < -0.39 is 5.54 Å². The monoisotopic (exact) mass is 371 g/mol. The fourth-order valence-corrected chi connectivity index (χ4v) is 3.58. The van der Waals surface area contributed by atoms with E-state index in [2.05, 4.69) is 24.0 Å². The van der Waals surface area contributed by atoms with Gasteiger partial charge >= 0.3 is 5.97 Å². The Hall–Kier alpha value is -2.13. The van der Waals surface area contributed by atoms with Gasteiger partial charge in [-0.15, -0.1) is 0 Å². The van der Waals surface area contributed by atoms with Crippen molar-refractivity contribution < 1.29 is 9.53 Å². The van der Waals surface area contributed by atoms with Crippen LogP contribution in [0.4, 0.5) is 0 Å². The van der Waals surface area contributed by atoms with Crippen LogP contribution in [0.5, 0.6) is 0 Å². The Balaban J connectivity index is 0.00000103. The minimum Gasteiger partial charge on any atom is -0.467 e. The average Bonchev–Trinajstić information content (AvgIpc) is 3.01. The molecule has 0 saturated carbocycles. The summed E-state index contributed by atoms with van der Waals surface area (Å²) in [7, 11) is 1.43. The van der Waals surface area contributed by atoms with Crippen LogP contribution in [0.2, 0.25) is 0 Å². The van der Waals surface area contributed by atoms with E-state index >= 15 is 0 Å². The van der Waals surface area contributed by atoms with Crippen molar-refractivity contribution in [2.45, 2.75) is 66.5 Å². The van der Waals surface area contributed by atoms with Gasteiger partial charge in [-0.1, -0.05) is 90.6 Å². The number of carbonyl (C=O) groups excluding carboxylic acids is 1. The predicted octanol–water partition coefficient (Wildman–Crippen LogP) is 5.72. The third-order valence-corrected chi connectivity index (χ3v) is 4.37. The summed E-state index contributed by atoms with van der Waals surface area (Å²) in [5, 5.41) is 3.48. The smallest absolute Gasteiger partial charge is 0.335 e. The molecule has 2 aliphatic rings. The molecule has 3 rings (SSSR count). The van der Waals surface area contributed by atoms with Gasteiger partial charge in [0.1, 0.15) is 0 Å². The second-order valence-corrected chi connectivity index (χ2v) is 5.37. The zero-order valence-electron chi connectivity index (χ0n) is 18.3. The van der Waals surface area contributed by atoms with Crippen molar-refractivity contribution in [1.29, 1.82) is 0 Å². The maximum atomic E-state index is 12.6. The van der Waals surface area contributed by atoms with Gasteiger partial charge in [-0.3, -0.25) is 5.32 Å². The average molecular weight is 372 g/mol. The Morgan fingerprint density at radius 2 is 1.78 bits per heavy atom. The normalized spacial score (nSPS) is 21.6. The first-order chi connectivity index (χ1) is 13.2. The van der Waals surface area contributed by atoms with Crippen LogP contribution in [0.15, 0.2) is 60.2 Å². The summed E-state index contributed by atoms with van der Waals surface area (Å²) in [5.41, 5.74) is 3.26. The van der Waals surface area contributed by atoms with Gasteiger partial charge in [0.15, 0.2) is 5.54 Å². The lowest BCUT2D eigenvalue weighted by atomic mass is 9.79. The number of nitrogens with one attached hydrogen (secondary N) is 1. The minimum absolute atomic E-state index is 0.114. The fourth-order valence-electron chi connectivity index (χ4n) is 3.58. The summed E-state index contributed by atoms with van der Waals surface area (Å²) in [6.07, 6.45) is 6.70. The van der Waals surface area contributed by atoms with E-state index in [4.69, 9.17) is 4.74 Å². The maximum absolute atomic E-state index is 12.6. The molecule has 2 unspecified atom stereocenters. The number of allylic oxidation sites excluding steroid dienone is 1. The number of esters is 1. The molecule has 0 amide bonds. The second-order valence-electron chi connectivity index (χ2n) is 5.37. The molecule has 150 valence electrons. The molecule has 1 N–H and O–H groups in total. The van der Waals surface area contributed by atoms with E-state index in [1.165, 1.54) is 12.7 Å². The molecule has 0 spiro atoms. The first-order valence-corrected chi connectivity index (χ1v) is 10.1. The number of carbonyl (C=O) groups is 1. The summed E-state index contributed by atoms with van der Waals surface area (Å²) < 4.78 is 5.12. The van der Waals surface area contributed by atoms with E-state index in [9.17, 15) is 4.79 Å². The van der Waals surface area contributed by atoms with Crippen LogP contribution >= 0.6 is 0 Å². The van der Waals surface area contributed by atoms with Gasteiger partial charge in [0.25, 0.3) is 0 Å². The summed E-state index contributed by atoms with van der Waals surface area (Å²) in [6.45, 7) is 17.9. The number of methoxy groups -OCH3 is 1. The van der Waals surface area contributed by atoms with E-state index in [0.717, 1.165) is 23.1 Å². The highest BCUT2D eigenvalue weighted by atomic mass is 16.5. The van der Waals surface area contributed by atoms with Crippen LogP contribution in [-0.2, 0) is 21.5 Å². The molecule has 0 radical (unpaired) electrons.